The third kappa shape index (κ3) is 3.21. The predicted molar refractivity (Wildman–Crippen MR) is 65.2 cm³/mol. The largest absolute Gasteiger partial charge is 0.356 e. The fourth-order valence-corrected chi connectivity index (χ4v) is 3.08. The van der Waals surface area contributed by atoms with Crippen LogP contribution in [0.15, 0.2) is 0 Å². The fourth-order valence-electron chi connectivity index (χ4n) is 3.08. The van der Waals surface area contributed by atoms with Crippen molar-refractivity contribution in [1.82, 2.24) is 10.6 Å². The number of nitrogens with one attached hydrogen (secondary N) is 2. The van der Waals surface area contributed by atoms with E-state index in [1.807, 2.05) is 0 Å². The molecule has 2 aliphatic rings. The fraction of sp³-hybridized carbons (Fsp3) is 0.923. The summed E-state index contributed by atoms with van der Waals surface area (Å²) in [5, 5.41) is 6.61. The van der Waals surface area contributed by atoms with Crippen molar-refractivity contribution in [1.29, 1.82) is 0 Å². The van der Waals surface area contributed by atoms with Crippen LogP contribution in [0.4, 0.5) is 0 Å². The molecule has 3 nitrogen and oxygen atoms in total. The summed E-state index contributed by atoms with van der Waals surface area (Å²) in [6, 6.07) is 0.983. The van der Waals surface area contributed by atoms with Crippen molar-refractivity contribution >= 4 is 5.91 Å². The molecule has 0 radical (unpaired) electrons. The highest BCUT2D eigenvalue weighted by molar-refractivity contribution is 5.76. The topological polar surface area (TPSA) is 41.1 Å². The molecule has 0 aromatic heterocycles. The Hall–Kier alpha value is -0.570. The van der Waals surface area contributed by atoms with Gasteiger partial charge in [-0.1, -0.05) is 12.8 Å². The minimum atomic E-state index is 0.216. The molecule has 0 spiro atoms. The van der Waals surface area contributed by atoms with E-state index in [2.05, 4.69) is 17.6 Å². The zero-order chi connectivity index (χ0) is 11.4. The Morgan fingerprint density at radius 2 is 2.00 bits per heavy atom. The number of carbonyl (C=O) groups is 1. The van der Waals surface area contributed by atoms with Gasteiger partial charge in [0, 0.05) is 25.0 Å². The lowest BCUT2D eigenvalue weighted by Gasteiger charge is -2.25. The second-order valence-corrected chi connectivity index (χ2v) is 5.39. The van der Waals surface area contributed by atoms with Gasteiger partial charge < -0.3 is 10.6 Å². The van der Waals surface area contributed by atoms with E-state index in [9.17, 15) is 4.79 Å². The standard InChI is InChI=1S/C13H24N2O/c1-10(11-5-2-3-6-11)15-12-7-4-8-14-13(16)9-12/h10-12,15H,2-9H2,1H3,(H,14,16)/t10-,12?/m0/s1. The Morgan fingerprint density at radius 3 is 2.75 bits per heavy atom. The SMILES string of the molecule is C[C@H](NC1CCCNC(=O)C1)C1CCCC1. The molecular weight excluding hydrogens is 200 g/mol. The molecule has 1 saturated heterocycles. The highest BCUT2D eigenvalue weighted by atomic mass is 16.1. The van der Waals surface area contributed by atoms with Crippen molar-refractivity contribution in [2.45, 2.75) is 64.0 Å². The van der Waals surface area contributed by atoms with Crippen molar-refractivity contribution < 1.29 is 4.79 Å². The van der Waals surface area contributed by atoms with Gasteiger partial charge in [-0.25, -0.2) is 0 Å². The van der Waals surface area contributed by atoms with Crippen LogP contribution >= 0.6 is 0 Å². The van der Waals surface area contributed by atoms with Crippen LogP contribution in [0.1, 0.15) is 51.9 Å². The number of amides is 1. The summed E-state index contributed by atoms with van der Waals surface area (Å²) in [7, 11) is 0. The molecule has 2 rings (SSSR count). The van der Waals surface area contributed by atoms with Crippen molar-refractivity contribution in [3.05, 3.63) is 0 Å². The summed E-state index contributed by atoms with van der Waals surface area (Å²) in [4.78, 5) is 11.4. The maximum atomic E-state index is 11.4. The first kappa shape index (κ1) is 11.9. The molecule has 1 amide bonds. The van der Waals surface area contributed by atoms with Crippen LogP contribution in [0, 0.1) is 5.92 Å². The van der Waals surface area contributed by atoms with Gasteiger partial charge in [-0.3, -0.25) is 4.79 Å². The molecule has 3 heteroatoms. The summed E-state index contributed by atoms with van der Waals surface area (Å²) in [5.41, 5.74) is 0. The first-order chi connectivity index (χ1) is 7.75. The van der Waals surface area contributed by atoms with Gasteiger partial charge in [-0.15, -0.1) is 0 Å². The van der Waals surface area contributed by atoms with E-state index in [0.717, 1.165) is 25.3 Å². The average molecular weight is 224 g/mol. The minimum Gasteiger partial charge on any atom is -0.356 e. The lowest BCUT2D eigenvalue weighted by Crippen LogP contribution is -2.41. The van der Waals surface area contributed by atoms with Gasteiger partial charge >= 0.3 is 0 Å². The van der Waals surface area contributed by atoms with Gasteiger partial charge in [0.05, 0.1) is 0 Å². The third-order valence-corrected chi connectivity index (χ3v) is 4.09. The first-order valence-corrected chi connectivity index (χ1v) is 6.78. The molecule has 0 bridgehead atoms. The van der Waals surface area contributed by atoms with E-state index in [1.165, 1.54) is 25.7 Å². The van der Waals surface area contributed by atoms with Crippen LogP contribution in [0.2, 0.25) is 0 Å². The number of carbonyl (C=O) groups excluding carboxylic acids is 1. The summed E-state index contributed by atoms with van der Waals surface area (Å²) < 4.78 is 0. The minimum absolute atomic E-state index is 0.216. The molecule has 1 aliphatic carbocycles. The summed E-state index contributed by atoms with van der Waals surface area (Å²) in [6.07, 6.45) is 8.43. The van der Waals surface area contributed by atoms with Crippen LogP contribution < -0.4 is 10.6 Å². The molecule has 2 atom stereocenters. The molecule has 2 N–H and O–H groups in total. The summed E-state index contributed by atoms with van der Waals surface area (Å²) in [5.74, 6) is 1.06. The van der Waals surface area contributed by atoms with E-state index in [0.29, 0.717) is 18.5 Å². The summed E-state index contributed by atoms with van der Waals surface area (Å²) in [6.45, 7) is 3.15. The predicted octanol–water partition coefficient (Wildman–Crippen LogP) is 1.82. The maximum Gasteiger partial charge on any atom is 0.221 e. The van der Waals surface area contributed by atoms with E-state index < -0.39 is 0 Å². The molecule has 2 fully saturated rings. The quantitative estimate of drug-likeness (QED) is 0.768. The zero-order valence-electron chi connectivity index (χ0n) is 10.3. The average Bonchev–Trinajstić information content (AvgIpc) is 2.70. The molecule has 92 valence electrons. The highest BCUT2D eigenvalue weighted by Crippen LogP contribution is 2.28. The molecular formula is C13H24N2O. The second kappa shape index (κ2) is 5.67. The molecule has 16 heavy (non-hydrogen) atoms. The number of hydrogen-bond donors (Lipinski definition) is 2. The monoisotopic (exact) mass is 224 g/mol. The molecule has 1 aliphatic heterocycles. The molecule has 0 aromatic carbocycles. The Morgan fingerprint density at radius 1 is 1.25 bits per heavy atom. The van der Waals surface area contributed by atoms with Crippen LogP contribution in [0.3, 0.4) is 0 Å². The Balaban J connectivity index is 1.80. The van der Waals surface area contributed by atoms with Crippen molar-refractivity contribution in [2.24, 2.45) is 5.92 Å². The van der Waals surface area contributed by atoms with Gasteiger partial charge in [-0.05, 0) is 38.5 Å². The van der Waals surface area contributed by atoms with Crippen LogP contribution in [0.25, 0.3) is 0 Å². The molecule has 0 aromatic rings. The normalized spacial score (nSPS) is 29.8. The van der Waals surface area contributed by atoms with Crippen molar-refractivity contribution in [2.75, 3.05) is 6.54 Å². The van der Waals surface area contributed by atoms with E-state index >= 15 is 0 Å². The van der Waals surface area contributed by atoms with Gasteiger partial charge in [0.15, 0.2) is 0 Å². The third-order valence-electron chi connectivity index (χ3n) is 4.09. The van der Waals surface area contributed by atoms with Gasteiger partial charge in [0.2, 0.25) is 5.91 Å². The van der Waals surface area contributed by atoms with Crippen LogP contribution in [-0.2, 0) is 4.79 Å². The molecule has 1 unspecified atom stereocenters. The Bertz CT molecular complexity index is 236. The molecule has 1 heterocycles. The lowest BCUT2D eigenvalue weighted by molar-refractivity contribution is -0.121. The second-order valence-electron chi connectivity index (χ2n) is 5.39. The zero-order valence-corrected chi connectivity index (χ0v) is 10.3. The number of rotatable bonds is 3. The highest BCUT2D eigenvalue weighted by Gasteiger charge is 2.25. The van der Waals surface area contributed by atoms with E-state index in [4.69, 9.17) is 0 Å². The van der Waals surface area contributed by atoms with E-state index in [1.54, 1.807) is 0 Å². The smallest absolute Gasteiger partial charge is 0.221 e. The van der Waals surface area contributed by atoms with Crippen molar-refractivity contribution in [3.8, 4) is 0 Å². The Labute approximate surface area is 98.4 Å². The molecule has 1 saturated carbocycles. The lowest BCUT2D eigenvalue weighted by atomic mass is 9.97. The number of hydrogen-bond acceptors (Lipinski definition) is 2. The Kier molecular flexibility index (Phi) is 4.22. The van der Waals surface area contributed by atoms with Crippen molar-refractivity contribution in [3.63, 3.8) is 0 Å². The van der Waals surface area contributed by atoms with Gasteiger partial charge in [0.25, 0.3) is 0 Å². The van der Waals surface area contributed by atoms with Crippen LogP contribution in [-0.4, -0.2) is 24.5 Å². The summed E-state index contributed by atoms with van der Waals surface area (Å²) >= 11 is 0. The first-order valence-electron chi connectivity index (χ1n) is 6.78. The maximum absolute atomic E-state index is 11.4. The van der Waals surface area contributed by atoms with Gasteiger partial charge in [0.1, 0.15) is 0 Å². The van der Waals surface area contributed by atoms with Crippen LogP contribution in [0.5, 0.6) is 0 Å². The van der Waals surface area contributed by atoms with E-state index in [-0.39, 0.29) is 5.91 Å². The van der Waals surface area contributed by atoms with Gasteiger partial charge in [-0.2, -0.15) is 0 Å².